The molecule has 6 heteroatoms. The van der Waals surface area contributed by atoms with E-state index in [-0.39, 0.29) is 24.5 Å². The SMILES string of the molecule is CN1C(=O)C(C)(C)Oc2ccc(C(=O)CCC(=O)O)cc21. The van der Waals surface area contributed by atoms with Gasteiger partial charge in [-0.05, 0) is 32.0 Å². The number of ketones is 1. The van der Waals surface area contributed by atoms with Crippen molar-refractivity contribution in [1.29, 1.82) is 0 Å². The number of aliphatic carboxylic acids is 1. The number of benzene rings is 1. The number of nitrogens with zero attached hydrogens (tertiary/aromatic N) is 1. The molecule has 0 unspecified atom stereocenters. The highest BCUT2D eigenvalue weighted by Crippen LogP contribution is 2.37. The van der Waals surface area contributed by atoms with E-state index in [1.807, 2.05) is 0 Å². The topological polar surface area (TPSA) is 83.9 Å². The van der Waals surface area contributed by atoms with Crippen LogP contribution in [0.25, 0.3) is 0 Å². The fourth-order valence-electron chi connectivity index (χ4n) is 2.24. The van der Waals surface area contributed by atoms with Crippen LogP contribution in [0.5, 0.6) is 5.75 Å². The number of hydrogen-bond acceptors (Lipinski definition) is 4. The van der Waals surface area contributed by atoms with Crippen LogP contribution in [0.4, 0.5) is 5.69 Å². The zero-order valence-electron chi connectivity index (χ0n) is 12.2. The molecule has 1 aromatic rings. The van der Waals surface area contributed by atoms with Crippen molar-refractivity contribution >= 4 is 23.3 Å². The van der Waals surface area contributed by atoms with Gasteiger partial charge < -0.3 is 14.7 Å². The van der Waals surface area contributed by atoms with E-state index in [9.17, 15) is 14.4 Å². The van der Waals surface area contributed by atoms with Gasteiger partial charge in [0.05, 0.1) is 12.1 Å². The average molecular weight is 291 g/mol. The van der Waals surface area contributed by atoms with Gasteiger partial charge in [-0.1, -0.05) is 0 Å². The highest BCUT2D eigenvalue weighted by atomic mass is 16.5. The van der Waals surface area contributed by atoms with Crippen LogP contribution in [0.2, 0.25) is 0 Å². The number of fused-ring (bicyclic) bond motifs is 1. The fraction of sp³-hybridized carbons (Fsp3) is 0.400. The Morgan fingerprint density at radius 1 is 1.29 bits per heavy atom. The second-order valence-electron chi connectivity index (χ2n) is 5.48. The van der Waals surface area contributed by atoms with Gasteiger partial charge in [0, 0.05) is 19.0 Å². The normalized spacial score (nSPS) is 16.1. The van der Waals surface area contributed by atoms with Crippen LogP contribution in [0.1, 0.15) is 37.0 Å². The molecule has 0 aromatic heterocycles. The number of likely N-dealkylation sites (N-methyl/N-ethyl adjacent to an activating group) is 1. The number of amides is 1. The molecule has 1 N–H and O–H groups in total. The van der Waals surface area contributed by atoms with E-state index in [4.69, 9.17) is 9.84 Å². The molecule has 1 aliphatic heterocycles. The van der Waals surface area contributed by atoms with Crippen molar-refractivity contribution in [3.63, 3.8) is 0 Å². The highest BCUT2D eigenvalue weighted by Gasteiger charge is 2.39. The summed E-state index contributed by atoms with van der Waals surface area (Å²) in [6.07, 6.45) is -0.285. The predicted molar refractivity (Wildman–Crippen MR) is 75.8 cm³/mol. The number of carboxylic acids is 1. The first-order valence-electron chi connectivity index (χ1n) is 6.58. The minimum atomic E-state index is -1.02. The number of rotatable bonds is 4. The number of carboxylic acid groups (broad SMARTS) is 1. The molecular formula is C15H17NO5. The average Bonchev–Trinajstić information content (AvgIpc) is 2.42. The maximum atomic E-state index is 12.1. The first kappa shape index (κ1) is 15.0. The van der Waals surface area contributed by atoms with Crippen LogP contribution >= 0.6 is 0 Å². The first-order valence-corrected chi connectivity index (χ1v) is 6.58. The number of carbonyl (C=O) groups is 3. The third-order valence-corrected chi connectivity index (χ3v) is 3.39. The standard InChI is InChI=1S/C15H17NO5/c1-15(2)14(20)16(3)10-8-9(4-6-12(10)21-15)11(17)5-7-13(18)19/h4,6,8H,5,7H2,1-3H3,(H,18,19). The van der Waals surface area contributed by atoms with Crippen LogP contribution in [0.15, 0.2) is 18.2 Å². The number of anilines is 1. The maximum Gasteiger partial charge on any atom is 0.303 e. The smallest absolute Gasteiger partial charge is 0.303 e. The van der Waals surface area contributed by atoms with Crippen LogP contribution in [0.3, 0.4) is 0 Å². The van der Waals surface area contributed by atoms with Gasteiger partial charge in [-0.25, -0.2) is 0 Å². The Bertz CT molecular complexity index is 620. The largest absolute Gasteiger partial charge is 0.481 e. The summed E-state index contributed by atoms with van der Waals surface area (Å²) in [5, 5.41) is 8.61. The van der Waals surface area contributed by atoms with Gasteiger partial charge >= 0.3 is 5.97 Å². The summed E-state index contributed by atoms with van der Waals surface area (Å²) in [4.78, 5) is 36.0. The summed E-state index contributed by atoms with van der Waals surface area (Å²) in [5.74, 6) is -0.966. The molecule has 2 rings (SSSR count). The molecule has 0 atom stereocenters. The van der Waals surface area contributed by atoms with Crippen LogP contribution < -0.4 is 9.64 Å². The summed E-state index contributed by atoms with van der Waals surface area (Å²) in [6, 6.07) is 4.78. The molecule has 0 saturated heterocycles. The molecule has 21 heavy (non-hydrogen) atoms. The van der Waals surface area contributed by atoms with Crippen molar-refractivity contribution < 1.29 is 24.2 Å². The highest BCUT2D eigenvalue weighted by molar-refractivity contribution is 6.04. The molecule has 0 bridgehead atoms. The Balaban J connectivity index is 2.30. The Morgan fingerprint density at radius 3 is 2.57 bits per heavy atom. The van der Waals surface area contributed by atoms with Gasteiger partial charge in [0.25, 0.3) is 5.91 Å². The number of carbonyl (C=O) groups excluding carboxylic acids is 2. The zero-order valence-corrected chi connectivity index (χ0v) is 12.2. The van der Waals surface area contributed by atoms with Crippen molar-refractivity contribution in [2.24, 2.45) is 0 Å². The molecule has 0 fully saturated rings. The summed E-state index contributed by atoms with van der Waals surface area (Å²) >= 11 is 0. The summed E-state index contributed by atoms with van der Waals surface area (Å²) in [6.45, 7) is 3.36. The van der Waals surface area contributed by atoms with E-state index in [0.29, 0.717) is 17.0 Å². The minimum absolute atomic E-state index is 0.0713. The van der Waals surface area contributed by atoms with E-state index in [1.54, 1.807) is 39.1 Å². The number of ether oxygens (including phenoxy) is 1. The molecule has 6 nitrogen and oxygen atoms in total. The monoisotopic (exact) mass is 291 g/mol. The molecule has 112 valence electrons. The Morgan fingerprint density at radius 2 is 1.95 bits per heavy atom. The number of hydrogen-bond donors (Lipinski definition) is 1. The molecular weight excluding hydrogens is 274 g/mol. The molecule has 0 radical (unpaired) electrons. The molecule has 0 saturated carbocycles. The Kier molecular flexibility index (Phi) is 3.72. The van der Waals surface area contributed by atoms with Gasteiger partial charge in [0.2, 0.25) is 0 Å². The minimum Gasteiger partial charge on any atom is -0.481 e. The van der Waals surface area contributed by atoms with Crippen molar-refractivity contribution in [1.82, 2.24) is 0 Å². The quantitative estimate of drug-likeness (QED) is 0.856. The van der Waals surface area contributed by atoms with Crippen molar-refractivity contribution in [2.75, 3.05) is 11.9 Å². The second kappa shape index (κ2) is 5.20. The van der Waals surface area contributed by atoms with Gasteiger partial charge in [-0.3, -0.25) is 14.4 Å². The summed E-state index contributed by atoms with van der Waals surface area (Å²) < 4.78 is 5.64. The third-order valence-electron chi connectivity index (χ3n) is 3.39. The Labute approximate surface area is 122 Å². The lowest BCUT2D eigenvalue weighted by atomic mass is 10.0. The van der Waals surface area contributed by atoms with E-state index < -0.39 is 11.6 Å². The Hall–Kier alpha value is -2.37. The molecule has 1 aromatic carbocycles. The lowest BCUT2D eigenvalue weighted by Crippen LogP contribution is -2.50. The van der Waals surface area contributed by atoms with E-state index >= 15 is 0 Å². The molecule has 1 heterocycles. The van der Waals surface area contributed by atoms with E-state index in [2.05, 4.69) is 0 Å². The van der Waals surface area contributed by atoms with E-state index in [0.717, 1.165) is 0 Å². The van der Waals surface area contributed by atoms with Gasteiger partial charge in [0.15, 0.2) is 11.4 Å². The van der Waals surface area contributed by atoms with Gasteiger partial charge in [-0.15, -0.1) is 0 Å². The maximum absolute atomic E-state index is 12.1. The van der Waals surface area contributed by atoms with Crippen molar-refractivity contribution in [3.8, 4) is 5.75 Å². The number of Topliss-reactive ketones (excluding diaryl/α,β-unsaturated/α-hetero) is 1. The van der Waals surface area contributed by atoms with Crippen LogP contribution in [-0.2, 0) is 9.59 Å². The summed E-state index contributed by atoms with van der Waals surface area (Å²) in [7, 11) is 1.62. The first-order chi connectivity index (χ1) is 9.72. The second-order valence-corrected chi connectivity index (χ2v) is 5.48. The third kappa shape index (κ3) is 2.89. The molecule has 0 spiro atoms. The molecule has 1 aliphatic rings. The van der Waals surface area contributed by atoms with Gasteiger partial charge in [0.1, 0.15) is 5.75 Å². The van der Waals surface area contributed by atoms with Crippen molar-refractivity contribution in [2.45, 2.75) is 32.3 Å². The van der Waals surface area contributed by atoms with Crippen molar-refractivity contribution in [3.05, 3.63) is 23.8 Å². The zero-order chi connectivity index (χ0) is 15.8. The van der Waals surface area contributed by atoms with Gasteiger partial charge in [-0.2, -0.15) is 0 Å². The van der Waals surface area contributed by atoms with E-state index in [1.165, 1.54) is 4.90 Å². The molecule has 1 amide bonds. The van der Waals surface area contributed by atoms with Crippen LogP contribution in [-0.4, -0.2) is 35.4 Å². The summed E-state index contributed by atoms with van der Waals surface area (Å²) in [5.41, 5.74) is -0.0604. The fourth-order valence-corrected chi connectivity index (χ4v) is 2.24. The predicted octanol–water partition coefficient (Wildman–Crippen LogP) is 1.87. The molecule has 0 aliphatic carbocycles. The van der Waals surface area contributed by atoms with Crippen LogP contribution in [0, 0.1) is 0 Å². The lowest BCUT2D eigenvalue weighted by Gasteiger charge is -2.37. The lowest BCUT2D eigenvalue weighted by molar-refractivity contribution is -0.137.